The molecule has 1 aromatic rings. The molecule has 0 heterocycles. The highest BCUT2D eigenvalue weighted by Gasteiger charge is 2.09. The lowest BCUT2D eigenvalue weighted by Crippen LogP contribution is -2.02. The quantitative estimate of drug-likeness (QED) is 0.760. The van der Waals surface area contributed by atoms with Gasteiger partial charge in [0.1, 0.15) is 5.82 Å². The smallest absolute Gasteiger partial charge is 0.307 e. The number of carbonyl (C=O) groups is 1. The molecule has 0 aromatic heterocycles. The fourth-order valence-corrected chi connectivity index (χ4v) is 1.75. The Morgan fingerprint density at radius 1 is 1.62 bits per heavy atom. The Hall–Kier alpha value is -1.03. The van der Waals surface area contributed by atoms with Crippen LogP contribution in [-0.4, -0.2) is 17.3 Å². The topological polar surface area (TPSA) is 37.3 Å². The van der Waals surface area contributed by atoms with Crippen molar-refractivity contribution in [3.63, 3.8) is 0 Å². The summed E-state index contributed by atoms with van der Waals surface area (Å²) in [6.07, 6.45) is 1.59. The van der Waals surface area contributed by atoms with Gasteiger partial charge in [-0.05, 0) is 17.9 Å². The molecule has 1 N–H and O–H groups in total. The summed E-state index contributed by atoms with van der Waals surface area (Å²) in [5, 5.41) is 8.55. The number of thioether (sulfide) groups is 1. The van der Waals surface area contributed by atoms with E-state index in [2.05, 4.69) is 0 Å². The van der Waals surface area contributed by atoms with Crippen LogP contribution < -0.4 is 0 Å². The van der Waals surface area contributed by atoms with Crippen LogP contribution in [0.3, 0.4) is 0 Å². The molecule has 0 aliphatic rings. The van der Waals surface area contributed by atoms with Gasteiger partial charge < -0.3 is 5.11 Å². The Labute approximate surface area is 79.8 Å². The number of hydrogen-bond donors (Lipinski definition) is 1. The van der Waals surface area contributed by atoms with Crippen LogP contribution >= 0.6 is 11.8 Å². The summed E-state index contributed by atoms with van der Waals surface area (Å²) in [7, 11) is 0. The lowest BCUT2D eigenvalue weighted by Gasteiger charge is -2.04. The van der Waals surface area contributed by atoms with Crippen LogP contribution in [0.2, 0.25) is 0 Å². The van der Waals surface area contributed by atoms with Crippen molar-refractivity contribution in [1.29, 1.82) is 0 Å². The summed E-state index contributed by atoms with van der Waals surface area (Å²) in [5.74, 6) is -1.30. The van der Waals surface area contributed by atoms with Gasteiger partial charge in [-0.25, -0.2) is 4.39 Å². The largest absolute Gasteiger partial charge is 0.481 e. The normalized spacial score (nSPS) is 10.0. The lowest BCUT2D eigenvalue weighted by atomic mass is 10.1. The van der Waals surface area contributed by atoms with E-state index in [1.807, 2.05) is 0 Å². The molecule has 0 saturated carbocycles. The third-order valence-electron chi connectivity index (χ3n) is 1.59. The van der Waals surface area contributed by atoms with Crippen molar-refractivity contribution < 1.29 is 14.3 Å². The van der Waals surface area contributed by atoms with E-state index < -0.39 is 5.97 Å². The van der Waals surface area contributed by atoms with Crippen molar-refractivity contribution in [2.24, 2.45) is 0 Å². The Morgan fingerprint density at radius 2 is 2.31 bits per heavy atom. The average molecular weight is 200 g/mol. The second-order valence-electron chi connectivity index (χ2n) is 2.50. The van der Waals surface area contributed by atoms with Crippen LogP contribution in [0.15, 0.2) is 23.1 Å². The highest BCUT2D eigenvalue weighted by Crippen LogP contribution is 2.23. The predicted molar refractivity (Wildman–Crippen MR) is 49.5 cm³/mol. The molecule has 1 aromatic carbocycles. The SMILES string of the molecule is CSc1c(F)cccc1CC(=O)O. The maximum absolute atomic E-state index is 13.1. The minimum Gasteiger partial charge on any atom is -0.481 e. The van der Waals surface area contributed by atoms with E-state index in [0.29, 0.717) is 10.5 Å². The van der Waals surface area contributed by atoms with Crippen LogP contribution in [0.1, 0.15) is 5.56 Å². The summed E-state index contributed by atoms with van der Waals surface area (Å²) in [5.41, 5.74) is 0.528. The van der Waals surface area contributed by atoms with E-state index in [4.69, 9.17) is 5.11 Å². The van der Waals surface area contributed by atoms with E-state index >= 15 is 0 Å². The maximum atomic E-state index is 13.1. The van der Waals surface area contributed by atoms with Gasteiger partial charge in [0.05, 0.1) is 6.42 Å². The van der Waals surface area contributed by atoms with Crippen LogP contribution in [0, 0.1) is 5.82 Å². The number of halogens is 1. The van der Waals surface area contributed by atoms with Crippen molar-refractivity contribution >= 4 is 17.7 Å². The van der Waals surface area contributed by atoms with Gasteiger partial charge in [-0.15, -0.1) is 11.8 Å². The van der Waals surface area contributed by atoms with Gasteiger partial charge in [0, 0.05) is 4.90 Å². The van der Waals surface area contributed by atoms with Gasteiger partial charge in [-0.3, -0.25) is 4.79 Å². The molecule has 0 atom stereocenters. The van der Waals surface area contributed by atoms with Crippen molar-refractivity contribution in [1.82, 2.24) is 0 Å². The zero-order valence-electron chi connectivity index (χ0n) is 7.08. The minimum absolute atomic E-state index is 0.131. The van der Waals surface area contributed by atoms with E-state index in [1.54, 1.807) is 12.3 Å². The highest BCUT2D eigenvalue weighted by atomic mass is 32.2. The van der Waals surface area contributed by atoms with Gasteiger partial charge in [-0.2, -0.15) is 0 Å². The average Bonchev–Trinajstić information content (AvgIpc) is 2.03. The zero-order chi connectivity index (χ0) is 9.84. The van der Waals surface area contributed by atoms with Crippen LogP contribution in [0.25, 0.3) is 0 Å². The molecule has 0 amide bonds. The first-order chi connectivity index (χ1) is 6.15. The van der Waals surface area contributed by atoms with Gasteiger partial charge >= 0.3 is 5.97 Å². The van der Waals surface area contributed by atoms with Crippen molar-refractivity contribution in [2.75, 3.05) is 6.26 Å². The molecule has 0 unspecified atom stereocenters. The number of carboxylic acids is 1. The molecule has 0 saturated heterocycles. The maximum Gasteiger partial charge on any atom is 0.307 e. The number of benzene rings is 1. The van der Waals surface area contributed by atoms with Crippen LogP contribution in [0.5, 0.6) is 0 Å². The zero-order valence-corrected chi connectivity index (χ0v) is 7.90. The molecule has 0 aliphatic carbocycles. The standard InChI is InChI=1S/C9H9FO2S/c1-13-9-6(5-8(11)12)3-2-4-7(9)10/h2-4H,5H2,1H3,(H,11,12). The molecule has 0 aliphatic heterocycles. The number of aliphatic carboxylic acids is 1. The Morgan fingerprint density at radius 3 is 2.85 bits per heavy atom. The van der Waals surface area contributed by atoms with Crippen LogP contribution in [0.4, 0.5) is 4.39 Å². The lowest BCUT2D eigenvalue weighted by molar-refractivity contribution is -0.136. The first-order valence-corrected chi connectivity index (χ1v) is 4.90. The van der Waals surface area contributed by atoms with E-state index in [9.17, 15) is 9.18 Å². The summed E-state index contributed by atoms with van der Waals surface area (Å²) < 4.78 is 13.1. The molecule has 0 spiro atoms. The molecule has 0 fully saturated rings. The summed E-state index contributed by atoms with van der Waals surface area (Å²) in [6, 6.07) is 4.48. The molecular formula is C9H9FO2S. The second kappa shape index (κ2) is 4.28. The van der Waals surface area contributed by atoms with Gasteiger partial charge in [-0.1, -0.05) is 12.1 Å². The molecule has 0 radical (unpaired) electrons. The minimum atomic E-state index is -0.944. The third kappa shape index (κ3) is 2.45. The van der Waals surface area contributed by atoms with Gasteiger partial charge in [0.25, 0.3) is 0 Å². The Kier molecular flexibility index (Phi) is 3.31. The second-order valence-corrected chi connectivity index (χ2v) is 3.32. The number of carboxylic acid groups (broad SMARTS) is 1. The predicted octanol–water partition coefficient (Wildman–Crippen LogP) is 2.17. The first-order valence-electron chi connectivity index (χ1n) is 3.68. The first kappa shape index (κ1) is 10.1. The third-order valence-corrected chi connectivity index (χ3v) is 2.46. The van der Waals surface area contributed by atoms with Crippen molar-refractivity contribution in [3.05, 3.63) is 29.6 Å². The van der Waals surface area contributed by atoms with E-state index in [-0.39, 0.29) is 12.2 Å². The van der Waals surface area contributed by atoms with Crippen molar-refractivity contribution in [3.8, 4) is 0 Å². The van der Waals surface area contributed by atoms with Crippen LogP contribution in [-0.2, 0) is 11.2 Å². The fraction of sp³-hybridized carbons (Fsp3) is 0.222. The Balaban J connectivity index is 3.05. The summed E-state index contributed by atoms with van der Waals surface area (Å²) in [4.78, 5) is 10.8. The van der Waals surface area contributed by atoms with E-state index in [1.165, 1.54) is 23.9 Å². The molecule has 13 heavy (non-hydrogen) atoms. The van der Waals surface area contributed by atoms with Crippen molar-refractivity contribution in [2.45, 2.75) is 11.3 Å². The fourth-order valence-electron chi connectivity index (χ4n) is 1.08. The van der Waals surface area contributed by atoms with Gasteiger partial charge in [0.2, 0.25) is 0 Å². The van der Waals surface area contributed by atoms with Gasteiger partial charge in [0.15, 0.2) is 0 Å². The molecule has 1 rings (SSSR count). The van der Waals surface area contributed by atoms with E-state index in [0.717, 1.165) is 0 Å². The molecular weight excluding hydrogens is 191 g/mol. The Bertz CT molecular complexity index is 325. The monoisotopic (exact) mass is 200 g/mol. The molecule has 2 nitrogen and oxygen atoms in total. The number of rotatable bonds is 3. The summed E-state index contributed by atoms with van der Waals surface area (Å²) >= 11 is 1.23. The molecule has 70 valence electrons. The molecule has 4 heteroatoms. The summed E-state index contributed by atoms with van der Waals surface area (Å²) in [6.45, 7) is 0. The number of hydrogen-bond acceptors (Lipinski definition) is 2. The highest BCUT2D eigenvalue weighted by molar-refractivity contribution is 7.98. The molecule has 0 bridgehead atoms.